The third-order valence-electron chi connectivity index (χ3n) is 1.17. The van der Waals surface area contributed by atoms with Crippen LogP contribution in [0.15, 0.2) is 12.0 Å². The van der Waals surface area contributed by atoms with E-state index in [1.165, 1.54) is 0 Å². The second-order valence-corrected chi connectivity index (χ2v) is 2.04. The zero-order chi connectivity index (χ0) is 9.56. The minimum Gasteiger partial charge on any atom is -0.514 e. The number of hydrogen-bond donors (Lipinski definition) is 4. The van der Waals surface area contributed by atoms with E-state index in [0.717, 1.165) is 0 Å². The lowest BCUT2D eigenvalue weighted by molar-refractivity contribution is 0.191. The molecule has 1 atom stereocenters. The number of nitrogens with one attached hydrogen (secondary N) is 1. The molecule has 0 aliphatic carbocycles. The predicted molar refractivity (Wildman–Crippen MR) is 43.3 cm³/mol. The van der Waals surface area contributed by atoms with Gasteiger partial charge in [-0.2, -0.15) is 0 Å². The lowest BCUT2D eigenvalue weighted by Gasteiger charge is -2.12. The Bertz CT molecular complexity index is 229. The molecule has 0 radical (unpaired) electrons. The lowest BCUT2D eigenvalue weighted by atomic mass is 10.1. The SMILES string of the molecule is C#CCC(NC(=O)O)/C(N)=C/O. The molecule has 0 saturated heterocycles. The third kappa shape index (κ3) is 3.37. The number of carboxylic acid groups (broad SMARTS) is 1. The van der Waals surface area contributed by atoms with Crippen LogP contribution >= 0.6 is 0 Å². The molecule has 1 amide bonds. The topological polar surface area (TPSA) is 95.6 Å². The van der Waals surface area contributed by atoms with Crippen molar-refractivity contribution in [2.45, 2.75) is 12.5 Å². The molecule has 0 rings (SSSR count). The van der Waals surface area contributed by atoms with Crippen molar-refractivity contribution in [3.8, 4) is 12.3 Å². The molecule has 0 spiro atoms. The zero-order valence-electron chi connectivity index (χ0n) is 6.32. The molecule has 66 valence electrons. The van der Waals surface area contributed by atoms with Crippen molar-refractivity contribution in [1.82, 2.24) is 5.32 Å². The van der Waals surface area contributed by atoms with E-state index in [1.54, 1.807) is 0 Å². The summed E-state index contributed by atoms with van der Waals surface area (Å²) in [7, 11) is 0. The summed E-state index contributed by atoms with van der Waals surface area (Å²) < 4.78 is 0. The van der Waals surface area contributed by atoms with Crippen LogP contribution < -0.4 is 11.1 Å². The third-order valence-corrected chi connectivity index (χ3v) is 1.17. The quantitative estimate of drug-likeness (QED) is 0.354. The van der Waals surface area contributed by atoms with Gasteiger partial charge in [-0.3, -0.25) is 0 Å². The Morgan fingerprint density at radius 2 is 2.42 bits per heavy atom. The largest absolute Gasteiger partial charge is 0.514 e. The van der Waals surface area contributed by atoms with E-state index < -0.39 is 12.1 Å². The molecule has 12 heavy (non-hydrogen) atoms. The first-order chi connectivity index (χ1) is 5.61. The van der Waals surface area contributed by atoms with E-state index >= 15 is 0 Å². The second kappa shape index (κ2) is 4.91. The number of aliphatic hydroxyl groups is 1. The molecule has 0 aliphatic rings. The molecule has 5 heteroatoms. The fraction of sp³-hybridized carbons (Fsp3) is 0.286. The van der Waals surface area contributed by atoms with E-state index in [4.69, 9.17) is 22.4 Å². The summed E-state index contributed by atoms with van der Waals surface area (Å²) in [4.78, 5) is 10.2. The standard InChI is InChI=1S/C7H10N2O3/c1-2-3-6(5(8)4-10)9-7(11)12/h1,4,6,9-10H,3,8H2,(H,11,12)/b5-4-. The summed E-state index contributed by atoms with van der Waals surface area (Å²) in [5.74, 6) is 2.23. The average Bonchev–Trinajstić information content (AvgIpc) is 2.01. The van der Waals surface area contributed by atoms with Gasteiger partial charge in [0.1, 0.15) is 6.26 Å². The van der Waals surface area contributed by atoms with Gasteiger partial charge in [0.2, 0.25) is 0 Å². The summed E-state index contributed by atoms with van der Waals surface area (Å²) >= 11 is 0. The average molecular weight is 170 g/mol. The van der Waals surface area contributed by atoms with E-state index in [-0.39, 0.29) is 12.1 Å². The van der Waals surface area contributed by atoms with Crippen molar-refractivity contribution in [2.75, 3.05) is 0 Å². The molecule has 0 fully saturated rings. The first-order valence-electron chi connectivity index (χ1n) is 3.14. The molecule has 0 aliphatic heterocycles. The van der Waals surface area contributed by atoms with Crippen molar-refractivity contribution in [3.63, 3.8) is 0 Å². The van der Waals surface area contributed by atoms with Gasteiger partial charge in [0.15, 0.2) is 0 Å². The maximum absolute atomic E-state index is 10.2. The van der Waals surface area contributed by atoms with Crippen LogP contribution in [0.25, 0.3) is 0 Å². The minimum atomic E-state index is -1.24. The monoisotopic (exact) mass is 170 g/mol. The Morgan fingerprint density at radius 3 is 2.75 bits per heavy atom. The summed E-state index contributed by atoms with van der Waals surface area (Å²) in [6.45, 7) is 0. The molecule has 5 nitrogen and oxygen atoms in total. The van der Waals surface area contributed by atoms with Crippen molar-refractivity contribution in [3.05, 3.63) is 12.0 Å². The molecule has 1 unspecified atom stereocenters. The maximum Gasteiger partial charge on any atom is 0.405 e. The van der Waals surface area contributed by atoms with Crippen LogP contribution in [-0.4, -0.2) is 22.3 Å². The summed E-state index contributed by atoms with van der Waals surface area (Å²) in [6, 6.07) is -0.725. The molecule has 5 N–H and O–H groups in total. The molecular formula is C7H10N2O3. The van der Waals surface area contributed by atoms with Crippen molar-refractivity contribution in [1.29, 1.82) is 0 Å². The summed E-state index contributed by atoms with van der Waals surface area (Å²) in [5.41, 5.74) is 5.24. The van der Waals surface area contributed by atoms with Crippen molar-refractivity contribution >= 4 is 6.09 Å². The summed E-state index contributed by atoms with van der Waals surface area (Å²) in [6.07, 6.45) is 4.44. The van der Waals surface area contributed by atoms with Gasteiger partial charge in [-0.25, -0.2) is 4.79 Å². The molecule has 0 saturated carbocycles. The van der Waals surface area contributed by atoms with Gasteiger partial charge in [0.05, 0.1) is 11.7 Å². The van der Waals surface area contributed by atoms with Crippen LogP contribution in [0.4, 0.5) is 4.79 Å². The molecular weight excluding hydrogens is 160 g/mol. The van der Waals surface area contributed by atoms with Gasteiger partial charge in [0.25, 0.3) is 0 Å². The number of rotatable bonds is 3. The number of aliphatic hydroxyl groups excluding tert-OH is 1. The van der Waals surface area contributed by atoms with Crippen LogP contribution in [0, 0.1) is 12.3 Å². The van der Waals surface area contributed by atoms with Gasteiger partial charge in [-0.1, -0.05) is 0 Å². The van der Waals surface area contributed by atoms with E-state index in [1.807, 2.05) is 0 Å². The smallest absolute Gasteiger partial charge is 0.405 e. The van der Waals surface area contributed by atoms with Gasteiger partial charge in [0, 0.05) is 6.42 Å². The van der Waals surface area contributed by atoms with Gasteiger partial charge in [-0.15, -0.1) is 12.3 Å². The number of hydrogen-bond acceptors (Lipinski definition) is 3. The van der Waals surface area contributed by atoms with Crippen LogP contribution in [-0.2, 0) is 0 Å². The molecule has 0 aromatic carbocycles. The predicted octanol–water partition coefficient (Wildman–Crippen LogP) is 0.00400. The first kappa shape index (κ1) is 10.2. The molecule has 0 bridgehead atoms. The Balaban J connectivity index is 4.25. The van der Waals surface area contributed by atoms with Gasteiger partial charge < -0.3 is 21.3 Å². The molecule has 0 aromatic rings. The first-order valence-corrected chi connectivity index (χ1v) is 3.14. The maximum atomic E-state index is 10.2. The van der Waals surface area contributed by atoms with Gasteiger partial charge >= 0.3 is 6.09 Å². The van der Waals surface area contributed by atoms with E-state index in [2.05, 4.69) is 11.2 Å². The van der Waals surface area contributed by atoms with Crippen molar-refractivity contribution < 1.29 is 15.0 Å². The Hall–Kier alpha value is -1.83. The number of nitrogens with two attached hydrogens (primary N) is 1. The minimum absolute atomic E-state index is 0.00431. The highest BCUT2D eigenvalue weighted by Gasteiger charge is 2.12. The van der Waals surface area contributed by atoms with Crippen molar-refractivity contribution in [2.24, 2.45) is 5.73 Å². The number of terminal acetylenes is 1. The summed E-state index contributed by atoms with van der Waals surface area (Å²) in [5, 5.41) is 18.8. The van der Waals surface area contributed by atoms with E-state index in [0.29, 0.717) is 6.26 Å². The van der Waals surface area contributed by atoms with Crippen LogP contribution in [0.5, 0.6) is 0 Å². The number of amides is 1. The van der Waals surface area contributed by atoms with E-state index in [9.17, 15) is 4.79 Å². The fourth-order valence-corrected chi connectivity index (χ4v) is 0.609. The highest BCUT2D eigenvalue weighted by Crippen LogP contribution is 1.98. The van der Waals surface area contributed by atoms with Gasteiger partial charge in [-0.05, 0) is 0 Å². The highest BCUT2D eigenvalue weighted by molar-refractivity contribution is 5.65. The molecule has 0 aromatic heterocycles. The van der Waals surface area contributed by atoms with Crippen LogP contribution in [0.2, 0.25) is 0 Å². The fourth-order valence-electron chi connectivity index (χ4n) is 0.609. The Kier molecular flexibility index (Phi) is 4.16. The van der Waals surface area contributed by atoms with Crippen LogP contribution in [0.1, 0.15) is 6.42 Å². The highest BCUT2D eigenvalue weighted by atomic mass is 16.4. The second-order valence-electron chi connectivity index (χ2n) is 2.04. The zero-order valence-corrected chi connectivity index (χ0v) is 6.32. The normalized spacial score (nSPS) is 13.1. The number of carbonyl (C=O) groups is 1. The Morgan fingerprint density at radius 1 is 1.83 bits per heavy atom. The lowest BCUT2D eigenvalue weighted by Crippen LogP contribution is -2.37. The molecule has 0 heterocycles. The van der Waals surface area contributed by atoms with Crippen LogP contribution in [0.3, 0.4) is 0 Å². The Labute approximate surface area is 69.9 Å².